The van der Waals surface area contributed by atoms with Crippen molar-refractivity contribution in [1.82, 2.24) is 14.9 Å². The first kappa shape index (κ1) is 16.3. The van der Waals surface area contributed by atoms with E-state index in [1.165, 1.54) is 11.1 Å². The van der Waals surface area contributed by atoms with Crippen LogP contribution >= 0.6 is 0 Å². The fraction of sp³-hybridized carbons (Fsp3) is 0.182. The molecule has 0 fully saturated rings. The van der Waals surface area contributed by atoms with Crippen LogP contribution < -0.4 is 5.32 Å². The van der Waals surface area contributed by atoms with Crippen LogP contribution in [0.5, 0.6) is 0 Å². The van der Waals surface area contributed by atoms with E-state index in [9.17, 15) is 4.79 Å². The summed E-state index contributed by atoms with van der Waals surface area (Å²) in [5, 5.41) is 3.11. The van der Waals surface area contributed by atoms with E-state index < -0.39 is 0 Å². The fourth-order valence-corrected chi connectivity index (χ4v) is 3.42. The molecule has 0 saturated heterocycles. The van der Waals surface area contributed by atoms with Gasteiger partial charge < -0.3 is 9.88 Å². The molecule has 0 aliphatic heterocycles. The Labute approximate surface area is 153 Å². The predicted molar refractivity (Wildman–Crippen MR) is 103 cm³/mol. The summed E-state index contributed by atoms with van der Waals surface area (Å²) in [6.45, 7) is 1.97. The number of carbonyl (C=O) groups excluding carboxylic acids is 1. The number of nitrogens with zero attached hydrogens (tertiary/aromatic N) is 2. The second-order valence-electron chi connectivity index (χ2n) is 6.65. The van der Waals surface area contributed by atoms with Crippen molar-refractivity contribution >= 4 is 12.0 Å². The standard InChI is InChI=1S/C22H21N3O/c1-16-14-25(15-23-16)19-10-6-17(7-11-19)8-13-22(26)24-21-12-9-18-4-2-3-5-20(18)21/h2-8,10-11,13-15,21H,9,12H2,1H3,(H,24,26)/b13-8+. The van der Waals surface area contributed by atoms with Crippen LogP contribution in [-0.2, 0) is 11.2 Å². The Morgan fingerprint density at radius 1 is 1.19 bits per heavy atom. The van der Waals surface area contributed by atoms with Gasteiger partial charge in [0.15, 0.2) is 0 Å². The molecule has 1 aliphatic rings. The SMILES string of the molecule is Cc1cn(-c2ccc(/C=C/C(=O)NC3CCc4ccccc43)cc2)cn1. The van der Waals surface area contributed by atoms with Gasteiger partial charge in [0.05, 0.1) is 18.1 Å². The summed E-state index contributed by atoms with van der Waals surface area (Å²) >= 11 is 0. The average molecular weight is 343 g/mol. The van der Waals surface area contributed by atoms with Gasteiger partial charge in [-0.05, 0) is 54.7 Å². The highest BCUT2D eigenvalue weighted by Crippen LogP contribution is 2.30. The predicted octanol–water partition coefficient (Wildman–Crippen LogP) is 4.00. The van der Waals surface area contributed by atoms with Gasteiger partial charge >= 0.3 is 0 Å². The van der Waals surface area contributed by atoms with E-state index in [1.54, 1.807) is 12.4 Å². The Kier molecular flexibility index (Phi) is 4.40. The monoisotopic (exact) mass is 343 g/mol. The lowest BCUT2D eigenvalue weighted by Gasteiger charge is -2.12. The summed E-state index contributed by atoms with van der Waals surface area (Å²) in [5.41, 5.74) is 5.61. The summed E-state index contributed by atoms with van der Waals surface area (Å²) in [5.74, 6) is -0.0546. The number of amides is 1. The molecule has 0 bridgehead atoms. The zero-order chi connectivity index (χ0) is 17.9. The number of aryl methyl sites for hydroxylation is 2. The minimum Gasteiger partial charge on any atom is -0.346 e. The first-order valence-corrected chi connectivity index (χ1v) is 8.86. The molecule has 1 amide bonds. The van der Waals surface area contributed by atoms with Crippen molar-refractivity contribution in [3.05, 3.63) is 89.5 Å². The van der Waals surface area contributed by atoms with Gasteiger partial charge in [-0.25, -0.2) is 4.98 Å². The fourth-order valence-electron chi connectivity index (χ4n) is 3.42. The Morgan fingerprint density at radius 2 is 2.00 bits per heavy atom. The van der Waals surface area contributed by atoms with Gasteiger partial charge in [-0.2, -0.15) is 0 Å². The molecule has 2 aromatic carbocycles. The summed E-state index contributed by atoms with van der Waals surface area (Å²) in [4.78, 5) is 16.5. The number of hydrogen-bond acceptors (Lipinski definition) is 2. The lowest BCUT2D eigenvalue weighted by atomic mass is 10.1. The van der Waals surface area contributed by atoms with Crippen LogP contribution in [0.1, 0.15) is 34.8 Å². The van der Waals surface area contributed by atoms with Gasteiger partial charge in [0, 0.05) is 18.0 Å². The van der Waals surface area contributed by atoms with E-state index in [1.807, 2.05) is 54.1 Å². The summed E-state index contributed by atoms with van der Waals surface area (Å²) in [6.07, 6.45) is 9.24. The first-order valence-electron chi connectivity index (χ1n) is 8.86. The maximum absolute atomic E-state index is 12.3. The molecule has 26 heavy (non-hydrogen) atoms. The molecular formula is C22H21N3O. The summed E-state index contributed by atoms with van der Waals surface area (Å²) in [6, 6.07) is 16.5. The Morgan fingerprint density at radius 3 is 2.77 bits per heavy atom. The number of nitrogens with one attached hydrogen (secondary N) is 1. The van der Waals surface area contributed by atoms with Crippen LogP contribution in [0.4, 0.5) is 0 Å². The van der Waals surface area contributed by atoms with Crippen molar-refractivity contribution in [2.24, 2.45) is 0 Å². The number of hydrogen-bond donors (Lipinski definition) is 1. The molecule has 1 unspecified atom stereocenters. The molecule has 1 aliphatic carbocycles. The van der Waals surface area contributed by atoms with E-state index in [2.05, 4.69) is 28.5 Å². The third kappa shape index (κ3) is 3.45. The van der Waals surface area contributed by atoms with Crippen LogP contribution in [0.15, 0.2) is 67.1 Å². The van der Waals surface area contributed by atoms with Gasteiger partial charge in [-0.15, -0.1) is 0 Å². The third-order valence-corrected chi connectivity index (χ3v) is 4.78. The highest BCUT2D eigenvalue weighted by atomic mass is 16.1. The summed E-state index contributed by atoms with van der Waals surface area (Å²) < 4.78 is 1.98. The minimum atomic E-state index is -0.0546. The van der Waals surface area contributed by atoms with Gasteiger partial charge in [0.25, 0.3) is 0 Å². The van der Waals surface area contributed by atoms with Crippen molar-refractivity contribution < 1.29 is 4.79 Å². The van der Waals surface area contributed by atoms with E-state index in [-0.39, 0.29) is 11.9 Å². The number of aromatic nitrogens is 2. The molecule has 0 radical (unpaired) electrons. The maximum atomic E-state index is 12.3. The second-order valence-corrected chi connectivity index (χ2v) is 6.65. The number of rotatable bonds is 4. The Balaban J connectivity index is 1.39. The summed E-state index contributed by atoms with van der Waals surface area (Å²) in [7, 11) is 0. The van der Waals surface area contributed by atoms with Crippen LogP contribution in [0, 0.1) is 6.92 Å². The van der Waals surface area contributed by atoms with Gasteiger partial charge in [0.1, 0.15) is 0 Å². The molecule has 3 aromatic rings. The number of imidazole rings is 1. The van der Waals surface area contributed by atoms with Crippen LogP contribution in [0.2, 0.25) is 0 Å². The second kappa shape index (κ2) is 7.00. The Hall–Kier alpha value is -3.14. The van der Waals surface area contributed by atoms with E-state index in [4.69, 9.17) is 0 Å². The quantitative estimate of drug-likeness (QED) is 0.728. The lowest BCUT2D eigenvalue weighted by Crippen LogP contribution is -2.25. The molecule has 0 saturated carbocycles. The molecule has 1 atom stereocenters. The third-order valence-electron chi connectivity index (χ3n) is 4.78. The zero-order valence-corrected chi connectivity index (χ0v) is 14.7. The normalized spacial score (nSPS) is 16.0. The Bertz CT molecular complexity index is 954. The lowest BCUT2D eigenvalue weighted by molar-refractivity contribution is -0.117. The van der Waals surface area contributed by atoms with E-state index in [0.717, 1.165) is 29.8 Å². The molecule has 0 spiro atoms. The molecule has 1 N–H and O–H groups in total. The molecular weight excluding hydrogens is 322 g/mol. The maximum Gasteiger partial charge on any atom is 0.244 e. The van der Waals surface area contributed by atoms with Gasteiger partial charge in [-0.3, -0.25) is 4.79 Å². The van der Waals surface area contributed by atoms with E-state index in [0.29, 0.717) is 0 Å². The topological polar surface area (TPSA) is 46.9 Å². The largest absolute Gasteiger partial charge is 0.346 e. The smallest absolute Gasteiger partial charge is 0.244 e. The molecule has 4 rings (SSSR count). The highest BCUT2D eigenvalue weighted by molar-refractivity contribution is 5.92. The van der Waals surface area contributed by atoms with Crippen LogP contribution in [0.25, 0.3) is 11.8 Å². The highest BCUT2D eigenvalue weighted by Gasteiger charge is 2.22. The number of fused-ring (bicyclic) bond motifs is 1. The van der Waals surface area contributed by atoms with Crippen molar-refractivity contribution in [2.75, 3.05) is 0 Å². The van der Waals surface area contributed by atoms with Crippen molar-refractivity contribution in [3.63, 3.8) is 0 Å². The van der Waals surface area contributed by atoms with Crippen LogP contribution in [0.3, 0.4) is 0 Å². The van der Waals surface area contributed by atoms with E-state index >= 15 is 0 Å². The molecule has 1 heterocycles. The average Bonchev–Trinajstić information content (AvgIpc) is 3.27. The molecule has 1 aromatic heterocycles. The molecule has 4 heteroatoms. The number of carbonyl (C=O) groups is 1. The van der Waals surface area contributed by atoms with Crippen molar-refractivity contribution in [1.29, 1.82) is 0 Å². The van der Waals surface area contributed by atoms with Gasteiger partial charge in [0.2, 0.25) is 5.91 Å². The zero-order valence-electron chi connectivity index (χ0n) is 14.7. The number of benzene rings is 2. The minimum absolute atomic E-state index is 0.0546. The first-order chi connectivity index (χ1) is 12.7. The van der Waals surface area contributed by atoms with Crippen molar-refractivity contribution in [3.8, 4) is 5.69 Å². The molecule has 4 nitrogen and oxygen atoms in total. The van der Waals surface area contributed by atoms with Crippen LogP contribution in [-0.4, -0.2) is 15.5 Å². The van der Waals surface area contributed by atoms with Gasteiger partial charge in [-0.1, -0.05) is 36.4 Å². The molecule has 130 valence electrons. The van der Waals surface area contributed by atoms with Crippen molar-refractivity contribution in [2.45, 2.75) is 25.8 Å².